The predicted octanol–water partition coefficient (Wildman–Crippen LogP) is 4.30. The van der Waals surface area contributed by atoms with Gasteiger partial charge in [-0.05, 0) is 81.0 Å². The molecule has 4 heterocycles. The molecule has 1 atom stereocenters. The summed E-state index contributed by atoms with van der Waals surface area (Å²) in [5, 5.41) is 6.13. The first-order valence-electron chi connectivity index (χ1n) is 11.7. The number of hydroxylamine groups is 2. The van der Waals surface area contributed by atoms with E-state index in [4.69, 9.17) is 4.84 Å². The van der Waals surface area contributed by atoms with Gasteiger partial charge in [-0.25, -0.2) is 14.6 Å². The van der Waals surface area contributed by atoms with E-state index in [1.165, 1.54) is 5.56 Å². The van der Waals surface area contributed by atoms with Gasteiger partial charge in [-0.2, -0.15) is 5.10 Å². The Hall–Kier alpha value is -2.80. The average molecular weight is 434 g/mol. The molecule has 1 amide bonds. The van der Waals surface area contributed by atoms with Crippen LogP contribution in [0, 0.1) is 32.6 Å². The first-order valence-corrected chi connectivity index (χ1v) is 11.7. The van der Waals surface area contributed by atoms with Gasteiger partial charge in [-0.15, -0.1) is 0 Å². The number of rotatable bonds is 4. The van der Waals surface area contributed by atoms with Crippen LogP contribution in [-0.2, 0) is 16.1 Å². The summed E-state index contributed by atoms with van der Waals surface area (Å²) in [7, 11) is 0. The minimum Gasteiger partial charge on any atom is -0.272 e. The molecule has 7 nitrogen and oxygen atoms in total. The van der Waals surface area contributed by atoms with E-state index in [1.807, 2.05) is 30.8 Å². The molecule has 0 unspecified atom stereocenters. The number of hydrogen-bond donors (Lipinski definition) is 0. The number of fused-ring (bicyclic) bond motifs is 1. The lowest BCUT2D eigenvalue weighted by atomic mass is 9.79. The molecule has 7 heteroatoms. The lowest BCUT2D eigenvalue weighted by Gasteiger charge is -2.32. The van der Waals surface area contributed by atoms with Crippen LogP contribution in [0.15, 0.2) is 30.7 Å². The van der Waals surface area contributed by atoms with Gasteiger partial charge < -0.3 is 0 Å². The van der Waals surface area contributed by atoms with Gasteiger partial charge in [0.15, 0.2) is 5.65 Å². The summed E-state index contributed by atoms with van der Waals surface area (Å²) in [6.07, 6.45) is 11.6. The molecular weight excluding hydrogens is 402 g/mol. The third-order valence-corrected chi connectivity index (χ3v) is 6.90. The summed E-state index contributed by atoms with van der Waals surface area (Å²) in [6.45, 7) is 6.64. The molecule has 5 rings (SSSR count). The fourth-order valence-electron chi connectivity index (χ4n) is 5.31. The Morgan fingerprint density at radius 3 is 2.69 bits per heavy atom. The molecule has 1 aliphatic heterocycles. The van der Waals surface area contributed by atoms with Crippen molar-refractivity contribution in [3.63, 3.8) is 0 Å². The number of pyridine rings is 2. The van der Waals surface area contributed by atoms with E-state index < -0.39 is 0 Å². The standard InChI is InChI=1S/C25H31N5O2/c1-16-10-22(14-26-13-16)23-8-9-32-30(23)25(31)21-6-4-19(5-7-21)12-20-11-17(2)24-27-18(3)28-29(24)15-20/h10-11,13-15,19,21,23H,4-9,12H2,1-3H3/t19-,21-,23-/m0/s1. The predicted molar refractivity (Wildman–Crippen MR) is 121 cm³/mol. The van der Waals surface area contributed by atoms with E-state index in [0.29, 0.717) is 12.5 Å². The zero-order chi connectivity index (χ0) is 22.2. The molecule has 0 bridgehead atoms. The molecule has 3 aromatic rings. The average Bonchev–Trinajstić information content (AvgIpc) is 3.40. The van der Waals surface area contributed by atoms with Crippen LogP contribution in [0.25, 0.3) is 5.65 Å². The fourth-order valence-corrected chi connectivity index (χ4v) is 5.31. The van der Waals surface area contributed by atoms with Crippen molar-refractivity contribution >= 4 is 11.6 Å². The van der Waals surface area contributed by atoms with Crippen molar-refractivity contribution in [2.75, 3.05) is 6.61 Å². The van der Waals surface area contributed by atoms with Crippen LogP contribution in [0.2, 0.25) is 0 Å². The maximum absolute atomic E-state index is 13.3. The first-order chi connectivity index (χ1) is 15.5. The van der Waals surface area contributed by atoms with Gasteiger partial charge in [0, 0.05) is 30.9 Å². The largest absolute Gasteiger partial charge is 0.272 e. The molecule has 1 aliphatic carbocycles. The molecule has 1 saturated heterocycles. The topological polar surface area (TPSA) is 72.6 Å². The molecule has 2 fully saturated rings. The molecule has 32 heavy (non-hydrogen) atoms. The Balaban J connectivity index is 1.21. The Kier molecular flexibility index (Phi) is 5.67. The van der Waals surface area contributed by atoms with Crippen molar-refractivity contribution in [2.24, 2.45) is 11.8 Å². The second-order valence-electron chi connectivity index (χ2n) is 9.48. The summed E-state index contributed by atoms with van der Waals surface area (Å²) in [5.41, 5.74) is 5.57. The molecule has 0 aromatic carbocycles. The number of carbonyl (C=O) groups is 1. The van der Waals surface area contributed by atoms with Crippen molar-refractivity contribution in [2.45, 2.75) is 65.3 Å². The summed E-state index contributed by atoms with van der Waals surface area (Å²) in [5.74, 6) is 1.58. The molecule has 3 aromatic heterocycles. The number of nitrogens with zero attached hydrogens (tertiary/aromatic N) is 5. The van der Waals surface area contributed by atoms with E-state index >= 15 is 0 Å². The molecule has 2 aliphatic rings. The van der Waals surface area contributed by atoms with Gasteiger partial charge in [0.05, 0.1) is 12.6 Å². The van der Waals surface area contributed by atoms with Gasteiger partial charge in [0.25, 0.3) is 0 Å². The monoisotopic (exact) mass is 433 g/mol. The lowest BCUT2D eigenvalue weighted by molar-refractivity contribution is -0.183. The van der Waals surface area contributed by atoms with Crippen LogP contribution >= 0.6 is 0 Å². The highest BCUT2D eigenvalue weighted by Crippen LogP contribution is 2.37. The number of aromatic nitrogens is 4. The van der Waals surface area contributed by atoms with Gasteiger partial charge in [-0.1, -0.05) is 12.1 Å². The summed E-state index contributed by atoms with van der Waals surface area (Å²) in [6, 6.07) is 4.33. The van der Waals surface area contributed by atoms with Crippen molar-refractivity contribution < 1.29 is 9.63 Å². The summed E-state index contributed by atoms with van der Waals surface area (Å²) < 4.78 is 1.90. The van der Waals surface area contributed by atoms with Crippen molar-refractivity contribution in [3.8, 4) is 0 Å². The molecule has 0 spiro atoms. The summed E-state index contributed by atoms with van der Waals surface area (Å²) >= 11 is 0. The Morgan fingerprint density at radius 1 is 1.09 bits per heavy atom. The molecule has 0 radical (unpaired) electrons. The zero-order valence-corrected chi connectivity index (χ0v) is 19.1. The van der Waals surface area contributed by atoms with E-state index in [0.717, 1.165) is 66.7 Å². The van der Waals surface area contributed by atoms with Crippen LogP contribution in [0.3, 0.4) is 0 Å². The highest BCUT2D eigenvalue weighted by molar-refractivity contribution is 5.78. The second-order valence-corrected chi connectivity index (χ2v) is 9.48. The van der Waals surface area contributed by atoms with Crippen molar-refractivity contribution in [1.29, 1.82) is 0 Å². The number of amides is 1. The maximum atomic E-state index is 13.3. The van der Waals surface area contributed by atoms with Crippen molar-refractivity contribution in [3.05, 3.63) is 58.8 Å². The Morgan fingerprint density at radius 2 is 1.91 bits per heavy atom. The van der Waals surface area contributed by atoms with Gasteiger partial charge in [0.1, 0.15) is 5.82 Å². The molecular formula is C25H31N5O2. The lowest BCUT2D eigenvalue weighted by Crippen LogP contribution is -2.36. The molecule has 1 saturated carbocycles. The number of aryl methyl sites for hydroxylation is 3. The SMILES string of the molecule is Cc1cncc([C@@H]2CCON2C(=O)[C@H]2CC[C@H](Cc3cc(C)c4nc(C)nn4c3)CC2)c1. The first kappa shape index (κ1) is 21.1. The Bertz CT molecular complexity index is 1130. The molecule has 0 N–H and O–H groups in total. The normalized spacial score (nSPS) is 23.7. The maximum Gasteiger partial charge on any atom is 0.249 e. The van der Waals surface area contributed by atoms with Crippen LogP contribution in [-0.4, -0.2) is 37.2 Å². The van der Waals surface area contributed by atoms with E-state index in [1.54, 1.807) is 5.06 Å². The highest BCUT2D eigenvalue weighted by Gasteiger charge is 2.37. The van der Waals surface area contributed by atoms with Crippen LogP contribution in [0.5, 0.6) is 0 Å². The van der Waals surface area contributed by atoms with Crippen LogP contribution in [0.1, 0.15) is 66.2 Å². The smallest absolute Gasteiger partial charge is 0.249 e. The van der Waals surface area contributed by atoms with Crippen molar-refractivity contribution in [1.82, 2.24) is 24.6 Å². The second kappa shape index (κ2) is 8.62. The third kappa shape index (κ3) is 4.13. The minimum absolute atomic E-state index is 0.0199. The van der Waals surface area contributed by atoms with Gasteiger partial charge >= 0.3 is 0 Å². The van der Waals surface area contributed by atoms with Gasteiger partial charge in [-0.3, -0.25) is 14.6 Å². The number of carbonyl (C=O) groups excluding carboxylic acids is 1. The molecule has 168 valence electrons. The fraction of sp³-hybridized carbons (Fsp3) is 0.520. The minimum atomic E-state index is -0.0199. The zero-order valence-electron chi connectivity index (χ0n) is 19.1. The Labute approximate surface area is 188 Å². The third-order valence-electron chi connectivity index (χ3n) is 6.90. The van der Waals surface area contributed by atoms with Crippen LogP contribution < -0.4 is 0 Å². The van der Waals surface area contributed by atoms with Crippen LogP contribution in [0.4, 0.5) is 0 Å². The highest BCUT2D eigenvalue weighted by atomic mass is 16.7. The summed E-state index contributed by atoms with van der Waals surface area (Å²) in [4.78, 5) is 27.9. The van der Waals surface area contributed by atoms with E-state index in [9.17, 15) is 4.79 Å². The van der Waals surface area contributed by atoms with E-state index in [-0.39, 0.29) is 17.9 Å². The van der Waals surface area contributed by atoms with Gasteiger partial charge in [0.2, 0.25) is 5.91 Å². The number of hydrogen-bond acceptors (Lipinski definition) is 5. The van der Waals surface area contributed by atoms with E-state index in [2.05, 4.69) is 40.3 Å². The quantitative estimate of drug-likeness (QED) is 0.613.